The summed E-state index contributed by atoms with van der Waals surface area (Å²) in [4.78, 5) is 13.1. The lowest BCUT2D eigenvalue weighted by molar-refractivity contribution is -0.298. The minimum absolute atomic E-state index is 0.240. The van der Waals surface area contributed by atoms with Gasteiger partial charge in [0.25, 0.3) is 0 Å². The number of nitrogens with one attached hydrogen (secondary N) is 1. The SMILES string of the molecule is CCCCCCC/C=C/CC/C=C/C(O)C(COC1OC(CO)C(O)C(OS(=O)(=O)O)C1O)NC(=O)C(O)CCCCCCCCCCCCCCCCCCCCC. The number of rotatable bonds is 39. The normalized spacial score (nSPS) is 21.7. The predicted molar refractivity (Wildman–Crippen MR) is 233 cm³/mol. The average molecular weight is 864 g/mol. The molecule has 13 nitrogen and oxygen atoms in total. The fourth-order valence-corrected chi connectivity index (χ4v) is 7.87. The highest BCUT2D eigenvalue weighted by Crippen LogP contribution is 2.26. The number of aliphatic hydroxyl groups is 5. The van der Waals surface area contributed by atoms with Crippen molar-refractivity contribution in [1.29, 1.82) is 0 Å². The Bertz CT molecular complexity index is 1170. The minimum atomic E-state index is -5.12. The Morgan fingerprint density at radius 2 is 1.14 bits per heavy atom. The molecule has 348 valence electrons. The van der Waals surface area contributed by atoms with Gasteiger partial charge in [0.05, 0.1) is 25.4 Å². The third kappa shape index (κ3) is 28.7. The van der Waals surface area contributed by atoms with Crippen molar-refractivity contribution in [2.75, 3.05) is 13.2 Å². The maximum absolute atomic E-state index is 13.1. The molecule has 8 atom stereocenters. The van der Waals surface area contributed by atoms with E-state index in [1.54, 1.807) is 6.08 Å². The summed E-state index contributed by atoms with van der Waals surface area (Å²) in [5, 5.41) is 55.1. The summed E-state index contributed by atoms with van der Waals surface area (Å²) >= 11 is 0. The second-order valence-corrected chi connectivity index (χ2v) is 17.5. The molecular formula is C45H85NO12S. The molecule has 0 saturated carbocycles. The highest BCUT2D eigenvalue weighted by molar-refractivity contribution is 7.80. The summed E-state index contributed by atoms with van der Waals surface area (Å²) in [5.41, 5.74) is 0. The van der Waals surface area contributed by atoms with Crippen molar-refractivity contribution in [2.24, 2.45) is 0 Å². The summed E-state index contributed by atoms with van der Waals surface area (Å²) in [7, 11) is -5.12. The fourth-order valence-electron chi connectivity index (χ4n) is 7.36. The van der Waals surface area contributed by atoms with Crippen LogP contribution in [0.4, 0.5) is 0 Å². The van der Waals surface area contributed by atoms with Gasteiger partial charge in [-0.15, -0.1) is 0 Å². The van der Waals surface area contributed by atoms with Crippen LogP contribution in [-0.2, 0) is 28.9 Å². The molecule has 0 aromatic heterocycles. The van der Waals surface area contributed by atoms with Crippen molar-refractivity contribution in [3.63, 3.8) is 0 Å². The Morgan fingerprint density at radius 1 is 0.678 bits per heavy atom. The maximum atomic E-state index is 13.1. The Labute approximate surface area is 357 Å². The molecule has 1 amide bonds. The van der Waals surface area contributed by atoms with Crippen LogP contribution in [0.25, 0.3) is 0 Å². The van der Waals surface area contributed by atoms with E-state index in [-0.39, 0.29) is 6.42 Å². The molecule has 14 heteroatoms. The first-order chi connectivity index (χ1) is 28.4. The van der Waals surface area contributed by atoms with Crippen LogP contribution in [0.1, 0.15) is 194 Å². The smallest absolute Gasteiger partial charge is 0.394 e. The van der Waals surface area contributed by atoms with Crippen molar-refractivity contribution in [3.8, 4) is 0 Å². The van der Waals surface area contributed by atoms with Gasteiger partial charge in [-0.25, -0.2) is 4.18 Å². The highest BCUT2D eigenvalue weighted by Gasteiger charge is 2.48. The Morgan fingerprint density at radius 3 is 1.63 bits per heavy atom. The quantitative estimate of drug-likeness (QED) is 0.0179. The summed E-state index contributed by atoms with van der Waals surface area (Å²) in [6.07, 6.45) is 28.5. The Balaban J connectivity index is 2.53. The number of carbonyl (C=O) groups excluding carboxylic acids is 1. The fraction of sp³-hybridized carbons (Fsp3) is 0.889. The van der Waals surface area contributed by atoms with Gasteiger partial charge in [-0.2, -0.15) is 8.42 Å². The van der Waals surface area contributed by atoms with Gasteiger partial charge in [-0.1, -0.05) is 186 Å². The Hall–Kier alpha value is -1.46. The molecule has 0 aromatic rings. The number of ether oxygens (including phenoxy) is 2. The number of hydrogen-bond donors (Lipinski definition) is 7. The van der Waals surface area contributed by atoms with E-state index in [1.807, 2.05) is 0 Å². The molecule has 7 N–H and O–H groups in total. The van der Waals surface area contributed by atoms with E-state index < -0.39 is 78.5 Å². The molecule has 8 unspecified atom stereocenters. The van der Waals surface area contributed by atoms with Crippen molar-refractivity contribution in [2.45, 2.75) is 243 Å². The van der Waals surface area contributed by atoms with Gasteiger partial charge < -0.3 is 40.3 Å². The van der Waals surface area contributed by atoms with E-state index in [9.17, 15) is 38.7 Å². The molecule has 1 saturated heterocycles. The molecule has 1 aliphatic rings. The van der Waals surface area contributed by atoms with E-state index >= 15 is 0 Å². The van der Waals surface area contributed by atoms with Crippen LogP contribution < -0.4 is 5.32 Å². The van der Waals surface area contributed by atoms with Crippen molar-refractivity contribution < 1.29 is 57.0 Å². The van der Waals surface area contributed by atoms with Gasteiger partial charge >= 0.3 is 10.4 Å². The van der Waals surface area contributed by atoms with Gasteiger partial charge in [0.1, 0.15) is 30.5 Å². The molecule has 1 fully saturated rings. The molecular weight excluding hydrogens is 779 g/mol. The topological polar surface area (TPSA) is 212 Å². The number of unbranched alkanes of at least 4 members (excludes halogenated alkanes) is 24. The largest absolute Gasteiger partial charge is 0.397 e. The van der Waals surface area contributed by atoms with Crippen LogP contribution >= 0.6 is 0 Å². The lowest BCUT2D eigenvalue weighted by Crippen LogP contribution is -2.61. The maximum Gasteiger partial charge on any atom is 0.397 e. The van der Waals surface area contributed by atoms with Crippen LogP contribution in [0.15, 0.2) is 24.3 Å². The molecule has 0 spiro atoms. The van der Waals surface area contributed by atoms with Crippen molar-refractivity contribution in [3.05, 3.63) is 24.3 Å². The second kappa shape index (κ2) is 36.1. The summed E-state index contributed by atoms with van der Waals surface area (Å²) in [6, 6.07) is -1.13. The van der Waals surface area contributed by atoms with E-state index in [0.29, 0.717) is 12.8 Å². The third-order valence-electron chi connectivity index (χ3n) is 11.1. The standard InChI is InChI=1S/C45H85NO12S/c1-3-5-7-9-11-13-15-16-17-18-19-20-21-22-24-26-28-30-32-34-39(49)44(52)46-37(38(48)33-31-29-27-25-23-14-12-10-8-6-4-2)36-56-45-42(51)43(58-59(53,54)55)41(50)40(35-47)57-45/h23,25,31,33,37-43,45,47-51H,3-22,24,26-30,32,34-36H2,1-2H3,(H,46,52)(H,53,54,55)/b25-23+,33-31+. The van der Waals surface area contributed by atoms with E-state index in [4.69, 9.17) is 14.0 Å². The van der Waals surface area contributed by atoms with Crippen molar-refractivity contribution >= 4 is 16.3 Å². The van der Waals surface area contributed by atoms with Gasteiger partial charge in [-0.05, 0) is 32.1 Å². The van der Waals surface area contributed by atoms with Crippen LogP contribution in [0.5, 0.6) is 0 Å². The second-order valence-electron chi connectivity index (χ2n) is 16.5. The molecule has 1 aliphatic heterocycles. The first-order valence-corrected chi connectivity index (χ1v) is 24.7. The van der Waals surface area contributed by atoms with Crippen LogP contribution in [-0.4, -0.2) is 107 Å². The zero-order valence-electron chi connectivity index (χ0n) is 36.7. The first kappa shape index (κ1) is 55.6. The number of allylic oxidation sites excluding steroid dienone is 3. The molecule has 0 radical (unpaired) electrons. The van der Waals surface area contributed by atoms with Gasteiger partial charge in [0, 0.05) is 0 Å². The first-order valence-electron chi connectivity index (χ1n) is 23.3. The zero-order valence-corrected chi connectivity index (χ0v) is 37.5. The zero-order chi connectivity index (χ0) is 43.6. The highest BCUT2D eigenvalue weighted by atomic mass is 32.3. The number of amides is 1. The van der Waals surface area contributed by atoms with Crippen molar-refractivity contribution in [1.82, 2.24) is 5.32 Å². The average Bonchev–Trinajstić information content (AvgIpc) is 3.20. The number of carbonyl (C=O) groups is 1. The molecule has 0 aliphatic carbocycles. The van der Waals surface area contributed by atoms with Crippen LogP contribution in [0, 0.1) is 0 Å². The van der Waals surface area contributed by atoms with E-state index in [0.717, 1.165) is 38.5 Å². The lowest BCUT2D eigenvalue weighted by Gasteiger charge is -2.41. The summed E-state index contributed by atoms with van der Waals surface area (Å²) < 4.78 is 47.4. The van der Waals surface area contributed by atoms with Crippen LogP contribution in [0.2, 0.25) is 0 Å². The van der Waals surface area contributed by atoms with Gasteiger partial charge in [0.15, 0.2) is 6.29 Å². The van der Waals surface area contributed by atoms with E-state index in [2.05, 4.69) is 35.5 Å². The van der Waals surface area contributed by atoms with Gasteiger partial charge in [-0.3, -0.25) is 9.35 Å². The number of hydrogen-bond acceptors (Lipinski definition) is 11. The molecule has 0 aromatic carbocycles. The molecule has 1 rings (SSSR count). The van der Waals surface area contributed by atoms with E-state index in [1.165, 1.54) is 128 Å². The third-order valence-corrected chi connectivity index (χ3v) is 11.6. The number of aliphatic hydroxyl groups excluding tert-OH is 5. The van der Waals surface area contributed by atoms with Gasteiger partial charge in [0.2, 0.25) is 5.91 Å². The summed E-state index contributed by atoms with van der Waals surface area (Å²) in [5.74, 6) is -0.711. The predicted octanol–water partition coefficient (Wildman–Crippen LogP) is 7.91. The van der Waals surface area contributed by atoms with Crippen LogP contribution in [0.3, 0.4) is 0 Å². The summed E-state index contributed by atoms with van der Waals surface area (Å²) in [6.45, 7) is 3.17. The molecule has 1 heterocycles. The lowest BCUT2D eigenvalue weighted by atomic mass is 9.99. The molecule has 59 heavy (non-hydrogen) atoms. The monoisotopic (exact) mass is 864 g/mol. The minimum Gasteiger partial charge on any atom is -0.394 e. The molecule has 0 bridgehead atoms. The Kier molecular flexibility index (Phi) is 34.0.